The summed E-state index contributed by atoms with van der Waals surface area (Å²) in [4.78, 5) is 6.78. The zero-order chi connectivity index (χ0) is 25.5. The maximum absolute atomic E-state index is 13.4. The summed E-state index contributed by atoms with van der Waals surface area (Å²) in [6.07, 6.45) is 1.40. The van der Waals surface area contributed by atoms with Gasteiger partial charge in [-0.1, -0.05) is 12.1 Å². The minimum atomic E-state index is -3.92. The van der Waals surface area contributed by atoms with Gasteiger partial charge in [-0.3, -0.25) is 0 Å². The second-order valence-electron chi connectivity index (χ2n) is 8.59. The van der Waals surface area contributed by atoms with E-state index in [9.17, 15) is 21.4 Å². The van der Waals surface area contributed by atoms with Crippen molar-refractivity contribution >= 4 is 61.7 Å². The Morgan fingerprint density at radius 3 is 2.23 bits per heavy atom. The molecule has 35 heavy (non-hydrogen) atoms. The number of nitrogens with zero attached hydrogens (tertiary/aromatic N) is 5. The van der Waals surface area contributed by atoms with E-state index in [0.717, 1.165) is 46.0 Å². The molecule has 1 aromatic heterocycles. The number of fused-ring (bicyclic) bond motifs is 1. The van der Waals surface area contributed by atoms with Crippen molar-refractivity contribution in [2.24, 2.45) is 5.92 Å². The highest BCUT2D eigenvalue weighted by Crippen LogP contribution is 2.51. The molecule has 0 N–H and O–H groups in total. The van der Waals surface area contributed by atoms with Crippen molar-refractivity contribution in [3.63, 3.8) is 0 Å². The summed E-state index contributed by atoms with van der Waals surface area (Å²) < 4.78 is 68.1. The van der Waals surface area contributed by atoms with Gasteiger partial charge in [0.15, 0.2) is 5.82 Å². The molecule has 1 aromatic carbocycles. The minimum absolute atomic E-state index is 0.240. The van der Waals surface area contributed by atoms with E-state index in [0.29, 0.717) is 11.4 Å². The Morgan fingerprint density at radius 1 is 1.09 bits per heavy atom. The van der Waals surface area contributed by atoms with Crippen molar-refractivity contribution < 1.29 is 21.4 Å². The van der Waals surface area contributed by atoms with Crippen LogP contribution in [0.25, 0.3) is 11.3 Å². The van der Waals surface area contributed by atoms with E-state index in [4.69, 9.17) is 0 Å². The van der Waals surface area contributed by atoms with Crippen LogP contribution < -0.4 is 13.5 Å². The highest BCUT2D eigenvalue weighted by atomic mass is 33.1. The van der Waals surface area contributed by atoms with Crippen LogP contribution in [0.2, 0.25) is 0 Å². The third kappa shape index (κ3) is 5.13. The molecule has 192 valence electrons. The maximum atomic E-state index is 13.4. The zero-order valence-corrected chi connectivity index (χ0v) is 22.6. The van der Waals surface area contributed by atoms with Gasteiger partial charge >= 0.3 is 10.2 Å². The lowest BCUT2D eigenvalue weighted by Crippen LogP contribution is -2.46. The molecule has 1 saturated carbocycles. The second-order valence-corrected chi connectivity index (χ2v) is 11.8. The molecule has 0 bridgehead atoms. The van der Waals surface area contributed by atoms with Crippen LogP contribution in [0, 0.1) is 5.92 Å². The molecule has 5 rings (SSSR count). The number of anilines is 3. The average molecular weight is 564 g/mol. The number of hydrogen-bond donors (Lipinski definition) is 2. The molecule has 0 spiro atoms. The van der Waals surface area contributed by atoms with Crippen LogP contribution in [0.3, 0.4) is 0 Å². The van der Waals surface area contributed by atoms with Crippen LogP contribution in [0.1, 0.15) is 6.42 Å². The van der Waals surface area contributed by atoms with Crippen molar-refractivity contribution in [3.05, 3.63) is 36.4 Å². The number of rotatable bonds is 5. The van der Waals surface area contributed by atoms with E-state index in [-0.39, 0.29) is 18.8 Å². The van der Waals surface area contributed by atoms with E-state index in [2.05, 4.69) is 33.2 Å². The number of pyridine rings is 1. The van der Waals surface area contributed by atoms with Gasteiger partial charge in [-0.05, 0) is 24.3 Å². The van der Waals surface area contributed by atoms with E-state index in [1.165, 1.54) is 7.05 Å². The van der Waals surface area contributed by atoms with Gasteiger partial charge in [0.25, 0.3) is 5.92 Å². The lowest BCUT2D eigenvalue weighted by atomic mass is 10.1. The number of benzene rings is 1. The van der Waals surface area contributed by atoms with Gasteiger partial charge < -0.3 is 4.90 Å². The average Bonchev–Trinajstić information content (AvgIpc) is 3.43. The minimum Gasteiger partial charge on any atom is -0.369 e. The highest BCUT2D eigenvalue weighted by molar-refractivity contribution is 8.59. The van der Waals surface area contributed by atoms with E-state index >= 15 is 0 Å². The number of piperazine rings is 1. The third-order valence-corrected chi connectivity index (χ3v) is 9.38. The number of halogens is 2. The van der Waals surface area contributed by atoms with E-state index < -0.39 is 33.0 Å². The molecule has 14 heteroatoms. The van der Waals surface area contributed by atoms with Crippen LogP contribution in [0.4, 0.5) is 26.0 Å². The molecule has 0 amide bonds. The molecule has 3 heterocycles. The second kappa shape index (κ2) is 10.0. The normalized spacial score (nSPS) is 23.4. The molecule has 8 nitrogen and oxygen atoms in total. The first kappa shape index (κ1) is 26.5. The third-order valence-electron chi connectivity index (χ3n) is 6.52. The van der Waals surface area contributed by atoms with Crippen molar-refractivity contribution in [2.75, 3.05) is 59.5 Å². The fourth-order valence-electron chi connectivity index (χ4n) is 4.32. The Morgan fingerprint density at radius 2 is 1.69 bits per heavy atom. The van der Waals surface area contributed by atoms with Gasteiger partial charge in [-0.25, -0.2) is 30.9 Å². The summed E-state index contributed by atoms with van der Waals surface area (Å²) in [5.74, 6) is -3.52. The molecule has 0 radical (unpaired) electrons. The monoisotopic (exact) mass is 563 g/mol. The summed E-state index contributed by atoms with van der Waals surface area (Å²) in [6.45, 7) is 2.80. The van der Waals surface area contributed by atoms with Crippen molar-refractivity contribution in [3.8, 4) is 11.3 Å². The predicted molar refractivity (Wildman–Crippen MR) is 143 cm³/mol. The Kier molecular flexibility index (Phi) is 7.59. The molecular weight excluding hydrogens is 537 g/mol. The lowest BCUT2D eigenvalue weighted by molar-refractivity contribution is 0.101. The summed E-state index contributed by atoms with van der Waals surface area (Å²) >= 11 is 6.44. The van der Waals surface area contributed by atoms with Gasteiger partial charge in [-0.15, -0.1) is 23.3 Å². The highest BCUT2D eigenvalue weighted by Gasteiger charge is 2.59. The fourth-order valence-corrected chi connectivity index (χ4v) is 6.40. The number of aromatic nitrogens is 1. The van der Waals surface area contributed by atoms with Crippen LogP contribution in [-0.2, 0) is 21.2 Å². The Hall–Kier alpha value is -1.61. The topological polar surface area (TPSA) is 77.1 Å². The summed E-state index contributed by atoms with van der Waals surface area (Å²) in [6, 6.07) is 11.2. The lowest BCUT2D eigenvalue weighted by Gasteiger charge is -2.34. The SMILES string of the molecule is CN1c2nc(-c3ccc(N4CCN(S(C)=O)CC4)cc3)ccc2N(CC2CC2(F)F)S1(=O)=O.SS. The smallest absolute Gasteiger partial charge is 0.327 e. The number of hydrogen-bond acceptors (Lipinski definition) is 7. The molecule has 2 unspecified atom stereocenters. The molecule has 3 aliphatic rings. The Bertz CT molecular complexity index is 1210. The summed E-state index contributed by atoms with van der Waals surface area (Å²) in [7, 11) is -3.49. The largest absolute Gasteiger partial charge is 0.369 e. The number of thiol groups is 2. The van der Waals surface area contributed by atoms with Gasteiger partial charge in [-0.2, -0.15) is 8.42 Å². The Balaban J connectivity index is 0.00000141. The molecule has 1 aliphatic carbocycles. The summed E-state index contributed by atoms with van der Waals surface area (Å²) in [5, 5.41) is 0. The van der Waals surface area contributed by atoms with Gasteiger partial charge in [0.1, 0.15) is 0 Å². The molecule has 2 fully saturated rings. The standard InChI is InChI=1S/C21H25F2N5O3S2.H2S2/c1-25-20-19(28(33(25,30)31)14-16-13-21(16,22)23)8-7-18(24-20)15-3-5-17(6-4-15)26-9-11-27(12-10-26)32(2)29;1-2/h3-8,16H,9-14H2,1-2H3;1-2H. The fraction of sp³-hybridized carbons (Fsp3) is 0.476. The first-order chi connectivity index (χ1) is 16.6. The first-order valence-corrected chi connectivity index (χ1v) is 15.4. The van der Waals surface area contributed by atoms with Crippen LogP contribution in [0.15, 0.2) is 36.4 Å². The Labute approximate surface area is 217 Å². The molecule has 2 aliphatic heterocycles. The van der Waals surface area contributed by atoms with Crippen LogP contribution in [-0.4, -0.2) is 73.9 Å². The zero-order valence-electron chi connectivity index (χ0n) is 19.2. The van der Waals surface area contributed by atoms with Crippen molar-refractivity contribution in [1.29, 1.82) is 0 Å². The summed E-state index contributed by atoms with van der Waals surface area (Å²) in [5.41, 5.74) is 2.81. The quantitative estimate of drug-likeness (QED) is 0.432. The molecule has 2 aromatic rings. The molecule has 2 atom stereocenters. The maximum Gasteiger partial charge on any atom is 0.327 e. The van der Waals surface area contributed by atoms with Crippen LogP contribution in [0.5, 0.6) is 0 Å². The van der Waals surface area contributed by atoms with E-state index in [1.807, 2.05) is 28.6 Å². The molecule has 1 saturated heterocycles. The molecular formula is C21H27F2N5O3S4. The predicted octanol–water partition coefficient (Wildman–Crippen LogP) is 3.08. The number of alkyl halides is 2. The van der Waals surface area contributed by atoms with Gasteiger partial charge in [0.2, 0.25) is 0 Å². The van der Waals surface area contributed by atoms with Crippen molar-refractivity contribution in [1.82, 2.24) is 9.29 Å². The van der Waals surface area contributed by atoms with Crippen molar-refractivity contribution in [2.45, 2.75) is 12.3 Å². The first-order valence-electron chi connectivity index (χ1n) is 10.9. The van der Waals surface area contributed by atoms with Gasteiger partial charge in [0.05, 0.1) is 22.4 Å². The van der Waals surface area contributed by atoms with Crippen LogP contribution >= 0.6 is 23.3 Å². The van der Waals surface area contributed by atoms with Gasteiger partial charge in [0, 0.05) is 69.6 Å². The van der Waals surface area contributed by atoms with E-state index in [1.54, 1.807) is 18.4 Å².